The van der Waals surface area contributed by atoms with Crippen molar-refractivity contribution in [2.24, 2.45) is 4.99 Å². The first kappa shape index (κ1) is 24.5. The maximum Gasteiger partial charge on any atom is 0.319 e. The van der Waals surface area contributed by atoms with Crippen LogP contribution in [0.5, 0.6) is 0 Å². The molecule has 0 spiro atoms. The molecule has 0 aliphatic rings. The second-order valence-electron chi connectivity index (χ2n) is 7.41. The van der Waals surface area contributed by atoms with Crippen molar-refractivity contribution in [2.45, 2.75) is 32.9 Å². The summed E-state index contributed by atoms with van der Waals surface area (Å²) in [4.78, 5) is 19.4. The second kappa shape index (κ2) is 12.2. The molecule has 2 aromatic carbocycles. The molecule has 0 radical (unpaired) electrons. The minimum Gasteiger partial charge on any atom is -0.361 e. The van der Waals surface area contributed by atoms with Crippen molar-refractivity contribution in [1.82, 2.24) is 20.9 Å². The van der Waals surface area contributed by atoms with Crippen molar-refractivity contribution in [1.29, 1.82) is 0 Å². The van der Waals surface area contributed by atoms with E-state index in [0.717, 1.165) is 35.7 Å². The number of amides is 2. The van der Waals surface area contributed by atoms with Gasteiger partial charge in [-0.25, -0.2) is 4.79 Å². The number of carbonyl (C=O) groups is 1. The SMILES string of the molecule is CN=C(NCCc1c[nH]c2ccccc12)NCc1ccc(NC(=O)NC(C)C)cc1.I. The zero-order valence-corrected chi connectivity index (χ0v) is 20.5. The van der Waals surface area contributed by atoms with Crippen LogP contribution in [0, 0.1) is 0 Å². The Morgan fingerprint density at radius 1 is 1.06 bits per heavy atom. The van der Waals surface area contributed by atoms with Crippen LogP contribution in [0.4, 0.5) is 10.5 Å². The summed E-state index contributed by atoms with van der Waals surface area (Å²) in [5.74, 6) is 0.758. The molecule has 0 aliphatic carbocycles. The number of H-pyrrole nitrogens is 1. The molecule has 0 bridgehead atoms. The number of hydrogen-bond acceptors (Lipinski definition) is 2. The monoisotopic (exact) mass is 534 g/mol. The largest absolute Gasteiger partial charge is 0.361 e. The van der Waals surface area contributed by atoms with Gasteiger partial charge in [-0.05, 0) is 49.6 Å². The van der Waals surface area contributed by atoms with Gasteiger partial charge in [-0.3, -0.25) is 4.99 Å². The quantitative estimate of drug-likeness (QED) is 0.179. The zero-order chi connectivity index (χ0) is 21.3. The van der Waals surface area contributed by atoms with Crippen LogP contribution in [0.3, 0.4) is 0 Å². The Morgan fingerprint density at radius 2 is 1.81 bits per heavy atom. The molecule has 1 aromatic heterocycles. The Kier molecular flexibility index (Phi) is 9.64. The first-order valence-corrected chi connectivity index (χ1v) is 10.2. The van der Waals surface area contributed by atoms with E-state index in [4.69, 9.17) is 0 Å². The highest BCUT2D eigenvalue weighted by molar-refractivity contribution is 14.0. The summed E-state index contributed by atoms with van der Waals surface area (Å²) in [5, 5.41) is 13.6. The van der Waals surface area contributed by atoms with Gasteiger partial charge in [-0.2, -0.15) is 0 Å². The molecule has 31 heavy (non-hydrogen) atoms. The summed E-state index contributed by atoms with van der Waals surface area (Å²) in [6.45, 7) is 5.28. The van der Waals surface area contributed by atoms with Gasteiger partial charge in [-0.15, -0.1) is 24.0 Å². The summed E-state index contributed by atoms with van der Waals surface area (Å²) in [6, 6.07) is 16.0. The number of hydrogen-bond donors (Lipinski definition) is 5. The lowest BCUT2D eigenvalue weighted by Gasteiger charge is -2.13. The molecule has 0 saturated carbocycles. The average Bonchev–Trinajstić information content (AvgIpc) is 3.14. The molecular formula is C23H31IN6O. The minimum absolute atomic E-state index is 0. The zero-order valence-electron chi connectivity index (χ0n) is 18.2. The topological polar surface area (TPSA) is 93.3 Å². The molecule has 5 N–H and O–H groups in total. The van der Waals surface area contributed by atoms with Gasteiger partial charge in [0.05, 0.1) is 0 Å². The summed E-state index contributed by atoms with van der Waals surface area (Å²) < 4.78 is 0. The third kappa shape index (κ3) is 7.46. The number of halogens is 1. The number of aromatic amines is 1. The van der Waals surface area contributed by atoms with Gasteiger partial charge in [0.2, 0.25) is 0 Å². The van der Waals surface area contributed by atoms with Gasteiger partial charge in [0, 0.05) is 49.0 Å². The summed E-state index contributed by atoms with van der Waals surface area (Å²) >= 11 is 0. The van der Waals surface area contributed by atoms with Crippen LogP contribution in [0.15, 0.2) is 59.7 Å². The van der Waals surface area contributed by atoms with Gasteiger partial charge in [0.1, 0.15) is 0 Å². The van der Waals surface area contributed by atoms with Crippen molar-refractivity contribution in [3.63, 3.8) is 0 Å². The standard InChI is InChI=1S/C23H30N6O.HI/c1-16(2)28-23(30)29-19-10-8-17(9-11-19)14-27-22(24-3)25-13-12-18-15-26-21-7-5-4-6-20(18)21;/h4-11,15-16,26H,12-14H2,1-3H3,(H2,24,25,27)(H2,28,29,30);1H. The molecule has 0 atom stereocenters. The fraction of sp³-hybridized carbons (Fsp3) is 0.304. The Labute approximate surface area is 200 Å². The van der Waals surface area contributed by atoms with Crippen LogP contribution in [-0.4, -0.2) is 36.6 Å². The molecule has 0 fully saturated rings. The number of para-hydroxylation sites is 1. The second-order valence-corrected chi connectivity index (χ2v) is 7.41. The van der Waals surface area contributed by atoms with Crippen molar-refractivity contribution in [2.75, 3.05) is 18.9 Å². The number of aromatic nitrogens is 1. The number of benzene rings is 2. The van der Waals surface area contributed by atoms with Crippen LogP contribution in [-0.2, 0) is 13.0 Å². The van der Waals surface area contributed by atoms with E-state index in [1.165, 1.54) is 10.9 Å². The molecule has 0 unspecified atom stereocenters. The molecule has 3 aromatic rings. The third-order valence-corrected chi connectivity index (χ3v) is 4.68. The normalized spacial score (nSPS) is 11.2. The first-order valence-electron chi connectivity index (χ1n) is 10.2. The van der Waals surface area contributed by atoms with Crippen LogP contribution >= 0.6 is 24.0 Å². The number of rotatable bonds is 7. The number of nitrogens with one attached hydrogen (secondary N) is 5. The van der Waals surface area contributed by atoms with E-state index in [1.807, 2.05) is 44.2 Å². The van der Waals surface area contributed by atoms with Gasteiger partial charge < -0.3 is 26.3 Å². The van der Waals surface area contributed by atoms with Crippen molar-refractivity contribution in [3.8, 4) is 0 Å². The van der Waals surface area contributed by atoms with Gasteiger partial charge >= 0.3 is 6.03 Å². The first-order chi connectivity index (χ1) is 14.5. The highest BCUT2D eigenvalue weighted by Gasteiger charge is 2.05. The van der Waals surface area contributed by atoms with E-state index in [2.05, 4.69) is 55.6 Å². The molecule has 3 rings (SSSR count). The highest BCUT2D eigenvalue weighted by Crippen LogP contribution is 2.17. The maximum absolute atomic E-state index is 11.8. The van der Waals surface area contributed by atoms with Gasteiger partial charge in [-0.1, -0.05) is 30.3 Å². The summed E-state index contributed by atoms with van der Waals surface area (Å²) in [7, 11) is 1.77. The Bertz CT molecular complexity index is 997. The predicted octanol–water partition coefficient (Wildman–Crippen LogP) is 4.22. The highest BCUT2D eigenvalue weighted by atomic mass is 127. The van der Waals surface area contributed by atoms with E-state index in [9.17, 15) is 4.79 Å². The molecular weight excluding hydrogens is 503 g/mol. The molecule has 2 amide bonds. The average molecular weight is 534 g/mol. The maximum atomic E-state index is 11.8. The number of fused-ring (bicyclic) bond motifs is 1. The van der Waals surface area contributed by atoms with Crippen molar-refractivity contribution >= 4 is 52.6 Å². The molecule has 7 nitrogen and oxygen atoms in total. The van der Waals surface area contributed by atoms with Crippen LogP contribution in [0.2, 0.25) is 0 Å². The van der Waals surface area contributed by atoms with E-state index in [0.29, 0.717) is 6.54 Å². The van der Waals surface area contributed by atoms with Crippen molar-refractivity contribution < 1.29 is 4.79 Å². The fourth-order valence-electron chi connectivity index (χ4n) is 3.20. The Morgan fingerprint density at radius 3 is 2.52 bits per heavy atom. The van der Waals surface area contributed by atoms with E-state index < -0.39 is 0 Å². The van der Waals surface area contributed by atoms with Gasteiger partial charge in [0.25, 0.3) is 0 Å². The summed E-state index contributed by atoms with van der Waals surface area (Å²) in [6.07, 6.45) is 2.98. The number of urea groups is 1. The summed E-state index contributed by atoms with van der Waals surface area (Å²) in [5.41, 5.74) is 4.32. The lowest BCUT2D eigenvalue weighted by atomic mass is 10.1. The Balaban J connectivity index is 0.00000341. The number of carbonyl (C=O) groups excluding carboxylic acids is 1. The predicted molar refractivity (Wildman–Crippen MR) is 139 cm³/mol. The lowest BCUT2D eigenvalue weighted by molar-refractivity contribution is 0.250. The van der Waals surface area contributed by atoms with Crippen molar-refractivity contribution in [3.05, 3.63) is 65.9 Å². The number of anilines is 1. The Hall–Kier alpha value is -2.75. The molecule has 166 valence electrons. The minimum atomic E-state index is -0.198. The van der Waals surface area contributed by atoms with E-state index in [-0.39, 0.29) is 36.0 Å². The number of nitrogens with zero attached hydrogens (tertiary/aromatic N) is 1. The van der Waals surface area contributed by atoms with Crippen LogP contribution in [0.25, 0.3) is 10.9 Å². The molecule has 0 saturated heterocycles. The molecule has 0 aliphatic heterocycles. The number of guanidine groups is 1. The molecule has 8 heteroatoms. The van der Waals surface area contributed by atoms with Crippen LogP contribution < -0.4 is 21.3 Å². The van der Waals surface area contributed by atoms with Gasteiger partial charge in [0.15, 0.2) is 5.96 Å². The smallest absolute Gasteiger partial charge is 0.319 e. The lowest BCUT2D eigenvalue weighted by Crippen LogP contribution is -2.37. The third-order valence-electron chi connectivity index (χ3n) is 4.68. The fourth-order valence-corrected chi connectivity index (χ4v) is 3.20. The van der Waals surface area contributed by atoms with E-state index in [1.54, 1.807) is 7.05 Å². The molecule has 1 heterocycles. The van der Waals surface area contributed by atoms with Crippen LogP contribution in [0.1, 0.15) is 25.0 Å². The number of aliphatic imine (C=N–C) groups is 1. The van der Waals surface area contributed by atoms with E-state index >= 15 is 0 Å².